The summed E-state index contributed by atoms with van der Waals surface area (Å²) in [5.74, 6) is 4.69. The lowest BCUT2D eigenvalue weighted by molar-refractivity contribution is 0.658. The minimum atomic E-state index is 0.440. The Morgan fingerprint density at radius 2 is 2.06 bits per heavy atom. The zero-order valence-electron chi connectivity index (χ0n) is 10.8. The van der Waals surface area contributed by atoms with Gasteiger partial charge in [-0.05, 0) is 18.4 Å². The second-order valence-electron chi connectivity index (χ2n) is 4.15. The average Bonchev–Trinajstić information content (AvgIpc) is 2.56. The van der Waals surface area contributed by atoms with Crippen molar-refractivity contribution in [3.8, 4) is 0 Å². The number of nitrogens with two attached hydrogens (primary N) is 1. The Bertz CT molecular complexity index is 331. The average molecular weight is 241 g/mol. The Balaban J connectivity index is 2.85. The van der Waals surface area contributed by atoms with E-state index in [1.165, 1.54) is 0 Å². The molecule has 4 heteroatoms. The van der Waals surface area contributed by atoms with Gasteiger partial charge < -0.3 is 10.3 Å². The number of anilines is 1. The van der Waals surface area contributed by atoms with Gasteiger partial charge in [-0.25, -0.2) is 4.98 Å². The predicted octanol–water partition coefficient (Wildman–Crippen LogP) is 2.90. The minimum Gasteiger partial charge on any atom is -0.384 e. The summed E-state index contributed by atoms with van der Waals surface area (Å²) in [4.78, 5) is 4.68. The Kier molecular flexibility index (Phi) is 5.19. The Morgan fingerprint density at radius 1 is 1.38 bits per heavy atom. The Hall–Kier alpha value is -0.640. The fraction of sp³-hybridized carbons (Fsp3) is 0.750. The largest absolute Gasteiger partial charge is 0.384 e. The van der Waals surface area contributed by atoms with Crippen LogP contribution < -0.4 is 5.73 Å². The first-order valence-electron chi connectivity index (χ1n) is 6.04. The fourth-order valence-corrected chi connectivity index (χ4v) is 2.43. The van der Waals surface area contributed by atoms with E-state index in [0.29, 0.717) is 5.92 Å². The van der Waals surface area contributed by atoms with Crippen LogP contribution in [-0.4, -0.2) is 21.1 Å². The Morgan fingerprint density at radius 3 is 2.50 bits per heavy atom. The van der Waals surface area contributed by atoms with Crippen LogP contribution in [0.1, 0.15) is 45.1 Å². The molecule has 0 aliphatic rings. The summed E-state index contributed by atoms with van der Waals surface area (Å²) in [6.07, 6.45) is 0.983. The van der Waals surface area contributed by atoms with Gasteiger partial charge in [-0.15, -0.1) is 0 Å². The summed E-state index contributed by atoms with van der Waals surface area (Å²) in [6.45, 7) is 9.54. The molecular weight excluding hydrogens is 218 g/mol. The van der Waals surface area contributed by atoms with Gasteiger partial charge in [0.2, 0.25) is 0 Å². The molecule has 0 aliphatic carbocycles. The maximum atomic E-state index is 6.13. The van der Waals surface area contributed by atoms with E-state index in [-0.39, 0.29) is 0 Å². The van der Waals surface area contributed by atoms with E-state index in [2.05, 4.69) is 37.2 Å². The van der Waals surface area contributed by atoms with Gasteiger partial charge in [0.05, 0.1) is 5.69 Å². The van der Waals surface area contributed by atoms with Crippen LogP contribution in [0.3, 0.4) is 0 Å². The van der Waals surface area contributed by atoms with Crippen molar-refractivity contribution in [3.63, 3.8) is 0 Å². The molecule has 0 amide bonds. The van der Waals surface area contributed by atoms with Crippen molar-refractivity contribution < 1.29 is 0 Å². The van der Waals surface area contributed by atoms with Gasteiger partial charge in [0, 0.05) is 18.9 Å². The number of aryl methyl sites for hydroxylation is 1. The highest BCUT2D eigenvalue weighted by Crippen LogP contribution is 2.22. The van der Waals surface area contributed by atoms with Crippen LogP contribution in [0.4, 0.5) is 5.82 Å². The van der Waals surface area contributed by atoms with Crippen LogP contribution in [0.5, 0.6) is 0 Å². The van der Waals surface area contributed by atoms with Crippen molar-refractivity contribution in [2.75, 3.05) is 17.2 Å². The van der Waals surface area contributed by atoms with E-state index in [9.17, 15) is 0 Å². The van der Waals surface area contributed by atoms with Crippen LogP contribution in [-0.2, 0) is 13.0 Å². The number of hydrogen-bond donors (Lipinski definition) is 1. The van der Waals surface area contributed by atoms with Gasteiger partial charge in [-0.2, -0.15) is 11.8 Å². The number of nitrogens with zero attached hydrogens (tertiary/aromatic N) is 2. The summed E-state index contributed by atoms with van der Waals surface area (Å²) >= 11 is 1.94. The minimum absolute atomic E-state index is 0.440. The molecule has 0 spiro atoms. The molecule has 0 aromatic carbocycles. The highest BCUT2D eigenvalue weighted by molar-refractivity contribution is 7.99. The SMILES string of the molecule is CCSCCc1nc(C(C)C)n(CC)c1N. The normalized spacial score (nSPS) is 11.3. The third kappa shape index (κ3) is 2.94. The lowest BCUT2D eigenvalue weighted by Crippen LogP contribution is -2.06. The topological polar surface area (TPSA) is 43.8 Å². The van der Waals surface area contributed by atoms with Gasteiger partial charge in [0.15, 0.2) is 0 Å². The quantitative estimate of drug-likeness (QED) is 0.779. The van der Waals surface area contributed by atoms with Gasteiger partial charge >= 0.3 is 0 Å². The monoisotopic (exact) mass is 241 g/mol. The number of hydrogen-bond acceptors (Lipinski definition) is 3. The second-order valence-corrected chi connectivity index (χ2v) is 5.54. The van der Waals surface area contributed by atoms with Crippen molar-refractivity contribution in [2.45, 2.75) is 46.6 Å². The van der Waals surface area contributed by atoms with Crippen molar-refractivity contribution in [1.29, 1.82) is 0 Å². The first kappa shape index (κ1) is 13.4. The van der Waals surface area contributed by atoms with Crippen molar-refractivity contribution in [2.24, 2.45) is 0 Å². The van der Waals surface area contributed by atoms with Gasteiger partial charge in [-0.3, -0.25) is 0 Å². The molecule has 0 radical (unpaired) electrons. The molecule has 1 aromatic rings. The molecule has 0 fully saturated rings. The van der Waals surface area contributed by atoms with E-state index < -0.39 is 0 Å². The third-order valence-electron chi connectivity index (χ3n) is 2.63. The molecule has 0 bridgehead atoms. The molecule has 92 valence electrons. The molecule has 0 atom stereocenters. The number of aromatic nitrogens is 2. The molecular formula is C12H23N3S. The van der Waals surface area contributed by atoms with Crippen molar-refractivity contribution in [1.82, 2.24) is 9.55 Å². The Labute approximate surface area is 103 Å². The fourth-order valence-electron chi connectivity index (χ4n) is 1.81. The van der Waals surface area contributed by atoms with E-state index in [0.717, 1.165) is 41.8 Å². The molecule has 1 aromatic heterocycles. The number of thioether (sulfide) groups is 1. The van der Waals surface area contributed by atoms with Crippen molar-refractivity contribution in [3.05, 3.63) is 11.5 Å². The molecule has 3 nitrogen and oxygen atoms in total. The highest BCUT2D eigenvalue weighted by Gasteiger charge is 2.15. The summed E-state index contributed by atoms with van der Waals surface area (Å²) in [6, 6.07) is 0. The molecule has 0 aliphatic heterocycles. The van der Waals surface area contributed by atoms with Crippen LogP contribution in [0.15, 0.2) is 0 Å². The smallest absolute Gasteiger partial charge is 0.126 e. The third-order valence-corrected chi connectivity index (χ3v) is 3.53. The van der Waals surface area contributed by atoms with Crippen molar-refractivity contribution >= 4 is 17.6 Å². The molecule has 16 heavy (non-hydrogen) atoms. The number of imidazole rings is 1. The van der Waals surface area contributed by atoms with E-state index in [4.69, 9.17) is 5.73 Å². The zero-order chi connectivity index (χ0) is 12.1. The molecule has 0 saturated heterocycles. The second kappa shape index (κ2) is 6.18. The van der Waals surface area contributed by atoms with Gasteiger partial charge in [0.25, 0.3) is 0 Å². The molecule has 2 N–H and O–H groups in total. The van der Waals surface area contributed by atoms with Gasteiger partial charge in [0.1, 0.15) is 11.6 Å². The van der Waals surface area contributed by atoms with Crippen LogP contribution in [0.2, 0.25) is 0 Å². The van der Waals surface area contributed by atoms with Gasteiger partial charge in [-0.1, -0.05) is 20.8 Å². The summed E-state index contributed by atoms with van der Waals surface area (Å²) < 4.78 is 2.14. The van der Waals surface area contributed by atoms with E-state index in [1.54, 1.807) is 0 Å². The van der Waals surface area contributed by atoms with Crippen LogP contribution in [0.25, 0.3) is 0 Å². The lowest BCUT2D eigenvalue weighted by Gasteiger charge is -2.08. The van der Waals surface area contributed by atoms with E-state index in [1.807, 2.05) is 11.8 Å². The predicted molar refractivity (Wildman–Crippen MR) is 73.1 cm³/mol. The highest BCUT2D eigenvalue weighted by atomic mass is 32.2. The molecule has 0 saturated carbocycles. The zero-order valence-corrected chi connectivity index (χ0v) is 11.6. The number of rotatable bonds is 6. The van der Waals surface area contributed by atoms with Crippen LogP contribution in [0, 0.1) is 0 Å². The summed E-state index contributed by atoms with van der Waals surface area (Å²) in [5.41, 5.74) is 7.20. The molecule has 0 unspecified atom stereocenters. The van der Waals surface area contributed by atoms with Crippen LogP contribution >= 0.6 is 11.8 Å². The first-order valence-corrected chi connectivity index (χ1v) is 7.19. The van der Waals surface area contributed by atoms with E-state index >= 15 is 0 Å². The maximum Gasteiger partial charge on any atom is 0.126 e. The first-order chi connectivity index (χ1) is 7.61. The lowest BCUT2D eigenvalue weighted by atomic mass is 10.2. The summed E-state index contributed by atoms with van der Waals surface area (Å²) in [5, 5.41) is 0. The molecule has 1 heterocycles. The number of nitrogen functional groups attached to an aromatic ring is 1. The standard InChI is InChI=1S/C12H23N3S/c1-5-15-11(13)10(7-8-16-6-2)14-12(15)9(3)4/h9H,5-8,13H2,1-4H3. The summed E-state index contributed by atoms with van der Waals surface area (Å²) in [7, 11) is 0. The maximum absolute atomic E-state index is 6.13. The molecule has 1 rings (SSSR count).